The number of hydrogen-bond acceptors (Lipinski definition) is 4. The molecule has 1 aliphatic rings. The van der Waals surface area contributed by atoms with Gasteiger partial charge >= 0.3 is 0 Å². The molecule has 1 saturated heterocycles. The van der Waals surface area contributed by atoms with Crippen LogP contribution < -0.4 is 15.2 Å². The fraction of sp³-hybridized carbons (Fsp3) is 0.632. The largest absolute Gasteiger partial charge is 0.490 e. The summed E-state index contributed by atoms with van der Waals surface area (Å²) in [7, 11) is 0. The van der Waals surface area contributed by atoms with Gasteiger partial charge in [0.05, 0.1) is 13.2 Å². The molecule has 0 bridgehead atoms. The number of benzene rings is 1. The van der Waals surface area contributed by atoms with Crippen molar-refractivity contribution in [2.24, 2.45) is 11.7 Å². The van der Waals surface area contributed by atoms with Gasteiger partial charge in [0, 0.05) is 24.7 Å². The summed E-state index contributed by atoms with van der Waals surface area (Å²) in [6.07, 6.45) is 2.87. The summed E-state index contributed by atoms with van der Waals surface area (Å²) in [6.45, 7) is 8.75. The highest BCUT2D eigenvalue weighted by atomic mass is 35.5. The fourth-order valence-corrected chi connectivity index (χ4v) is 3.05. The zero-order valence-corrected chi connectivity index (χ0v) is 16.3. The molecule has 2 rings (SSSR count). The highest BCUT2D eigenvalue weighted by molar-refractivity contribution is 5.95. The summed E-state index contributed by atoms with van der Waals surface area (Å²) in [5.74, 6) is 1.91. The lowest BCUT2D eigenvalue weighted by atomic mass is 9.90. The maximum absolute atomic E-state index is 12.8. The second kappa shape index (κ2) is 10.5. The molecule has 0 aromatic heterocycles. The van der Waals surface area contributed by atoms with Crippen LogP contribution in [0.15, 0.2) is 18.2 Å². The topological polar surface area (TPSA) is 64.8 Å². The van der Waals surface area contributed by atoms with Crippen LogP contribution in [0.25, 0.3) is 0 Å². The summed E-state index contributed by atoms with van der Waals surface area (Å²) in [4.78, 5) is 14.7. The predicted molar refractivity (Wildman–Crippen MR) is 103 cm³/mol. The Kier molecular flexibility index (Phi) is 9.08. The second-order valence-corrected chi connectivity index (χ2v) is 6.43. The number of nitrogens with two attached hydrogens (primary N) is 1. The molecular weight excluding hydrogens is 340 g/mol. The van der Waals surface area contributed by atoms with Crippen LogP contribution in [0.5, 0.6) is 11.5 Å². The van der Waals surface area contributed by atoms with Crippen molar-refractivity contribution in [2.45, 2.75) is 46.1 Å². The molecule has 1 heterocycles. The molecule has 1 aliphatic heterocycles. The van der Waals surface area contributed by atoms with Gasteiger partial charge in [0.25, 0.3) is 5.91 Å². The zero-order valence-electron chi connectivity index (χ0n) is 15.5. The van der Waals surface area contributed by atoms with E-state index < -0.39 is 0 Å². The maximum atomic E-state index is 12.8. The molecule has 0 saturated carbocycles. The van der Waals surface area contributed by atoms with Gasteiger partial charge in [0.1, 0.15) is 0 Å². The molecular formula is C19H31ClN2O3. The molecule has 0 spiro atoms. The van der Waals surface area contributed by atoms with E-state index in [4.69, 9.17) is 15.2 Å². The molecule has 6 heteroatoms. The molecule has 142 valence electrons. The number of carbonyl (C=O) groups is 1. The second-order valence-electron chi connectivity index (χ2n) is 6.43. The van der Waals surface area contributed by atoms with E-state index in [9.17, 15) is 4.79 Å². The van der Waals surface area contributed by atoms with Crippen LogP contribution in [0, 0.1) is 5.92 Å². The number of piperidine rings is 1. The van der Waals surface area contributed by atoms with Gasteiger partial charge in [-0.05, 0) is 57.2 Å². The molecule has 1 fully saturated rings. The summed E-state index contributed by atoms with van der Waals surface area (Å²) < 4.78 is 11.3. The van der Waals surface area contributed by atoms with Crippen LogP contribution in [-0.4, -0.2) is 43.2 Å². The van der Waals surface area contributed by atoms with Crippen molar-refractivity contribution in [2.75, 3.05) is 26.3 Å². The van der Waals surface area contributed by atoms with Gasteiger partial charge in [0.2, 0.25) is 0 Å². The van der Waals surface area contributed by atoms with Crippen molar-refractivity contribution < 1.29 is 14.3 Å². The van der Waals surface area contributed by atoms with Crippen LogP contribution in [0.2, 0.25) is 0 Å². The fourth-order valence-electron chi connectivity index (χ4n) is 3.05. The molecule has 1 amide bonds. The lowest BCUT2D eigenvalue weighted by Gasteiger charge is -2.33. The monoisotopic (exact) mass is 370 g/mol. The minimum atomic E-state index is 0. The number of likely N-dealkylation sites (tertiary alicyclic amines) is 1. The number of hydrogen-bond donors (Lipinski definition) is 1. The first kappa shape index (κ1) is 21.6. The molecule has 25 heavy (non-hydrogen) atoms. The van der Waals surface area contributed by atoms with E-state index in [1.165, 1.54) is 0 Å². The van der Waals surface area contributed by atoms with E-state index in [1.54, 1.807) is 6.07 Å². The van der Waals surface area contributed by atoms with Crippen molar-refractivity contribution in [3.05, 3.63) is 23.8 Å². The Bertz CT molecular complexity index is 543. The van der Waals surface area contributed by atoms with Gasteiger partial charge in [-0.1, -0.05) is 6.92 Å². The maximum Gasteiger partial charge on any atom is 0.253 e. The first-order valence-corrected chi connectivity index (χ1v) is 9.01. The van der Waals surface area contributed by atoms with Gasteiger partial charge in [-0.15, -0.1) is 12.4 Å². The average Bonchev–Trinajstić information content (AvgIpc) is 2.60. The summed E-state index contributed by atoms with van der Waals surface area (Å²) in [5, 5.41) is 0. The van der Waals surface area contributed by atoms with Crippen molar-refractivity contribution >= 4 is 18.3 Å². The Hall–Kier alpha value is -1.46. The molecule has 0 radical (unpaired) electrons. The van der Waals surface area contributed by atoms with Gasteiger partial charge < -0.3 is 20.1 Å². The smallest absolute Gasteiger partial charge is 0.253 e. The van der Waals surface area contributed by atoms with Crippen molar-refractivity contribution in [3.8, 4) is 11.5 Å². The Labute approximate surface area is 157 Å². The molecule has 0 aliphatic carbocycles. The van der Waals surface area contributed by atoms with Crippen LogP contribution in [-0.2, 0) is 0 Å². The van der Waals surface area contributed by atoms with Gasteiger partial charge in [-0.3, -0.25) is 4.79 Å². The minimum Gasteiger partial charge on any atom is -0.490 e. The van der Waals surface area contributed by atoms with E-state index in [1.807, 2.05) is 30.9 Å². The highest BCUT2D eigenvalue weighted by Crippen LogP contribution is 2.30. The lowest BCUT2D eigenvalue weighted by molar-refractivity contribution is 0.0680. The van der Waals surface area contributed by atoms with E-state index in [2.05, 4.69) is 6.92 Å². The Balaban J connectivity index is 0.00000312. The molecule has 1 atom stereocenters. The van der Waals surface area contributed by atoms with Gasteiger partial charge in [-0.25, -0.2) is 0 Å². The predicted octanol–water partition coefficient (Wildman–Crippen LogP) is 3.50. The van der Waals surface area contributed by atoms with Crippen LogP contribution in [0.4, 0.5) is 0 Å². The number of ether oxygens (including phenoxy) is 2. The third-order valence-electron chi connectivity index (χ3n) is 4.52. The third-order valence-corrected chi connectivity index (χ3v) is 4.52. The number of nitrogens with zero attached hydrogens (tertiary/aromatic N) is 1. The number of amides is 1. The normalized spacial score (nSPS) is 16.1. The Morgan fingerprint density at radius 2 is 1.92 bits per heavy atom. The van der Waals surface area contributed by atoms with E-state index >= 15 is 0 Å². The average molecular weight is 371 g/mol. The van der Waals surface area contributed by atoms with Gasteiger partial charge in [-0.2, -0.15) is 0 Å². The van der Waals surface area contributed by atoms with Crippen molar-refractivity contribution in [3.63, 3.8) is 0 Å². The standard InChI is InChI=1S/C19H30N2O3.ClH/c1-4-12-24-17-7-6-16(13-18(17)23-5-2)19(22)21-10-8-15(9-11-21)14(3)20;/h6-7,13-15H,4-5,8-12,20H2,1-3H3;1H. The molecule has 5 nitrogen and oxygen atoms in total. The molecule has 2 N–H and O–H groups in total. The van der Waals surface area contributed by atoms with Crippen molar-refractivity contribution in [1.29, 1.82) is 0 Å². The number of carbonyl (C=O) groups excluding carboxylic acids is 1. The Morgan fingerprint density at radius 3 is 2.48 bits per heavy atom. The molecule has 1 aromatic rings. The first-order valence-electron chi connectivity index (χ1n) is 9.01. The summed E-state index contributed by atoms with van der Waals surface area (Å²) in [6, 6.07) is 5.66. The molecule has 1 unspecified atom stereocenters. The van der Waals surface area contributed by atoms with E-state index in [-0.39, 0.29) is 24.4 Å². The number of rotatable bonds is 7. The van der Waals surface area contributed by atoms with E-state index in [0.29, 0.717) is 36.2 Å². The third kappa shape index (κ3) is 5.79. The zero-order chi connectivity index (χ0) is 17.5. The minimum absolute atomic E-state index is 0. The Morgan fingerprint density at radius 1 is 1.24 bits per heavy atom. The summed E-state index contributed by atoms with van der Waals surface area (Å²) >= 11 is 0. The lowest BCUT2D eigenvalue weighted by Crippen LogP contribution is -2.42. The summed E-state index contributed by atoms with van der Waals surface area (Å²) in [5.41, 5.74) is 6.63. The van der Waals surface area contributed by atoms with Crippen LogP contribution in [0.1, 0.15) is 50.4 Å². The van der Waals surface area contributed by atoms with Crippen molar-refractivity contribution in [1.82, 2.24) is 4.90 Å². The van der Waals surface area contributed by atoms with Gasteiger partial charge in [0.15, 0.2) is 11.5 Å². The first-order chi connectivity index (χ1) is 11.6. The van der Waals surface area contributed by atoms with Crippen LogP contribution >= 0.6 is 12.4 Å². The highest BCUT2D eigenvalue weighted by Gasteiger charge is 2.26. The SMILES string of the molecule is CCCOc1ccc(C(=O)N2CCC(C(C)N)CC2)cc1OCC.Cl. The van der Waals surface area contributed by atoms with Crippen LogP contribution in [0.3, 0.4) is 0 Å². The quantitative estimate of drug-likeness (QED) is 0.797. The van der Waals surface area contributed by atoms with E-state index in [0.717, 1.165) is 32.4 Å². The molecule has 1 aromatic carbocycles. The number of halogens is 1.